The maximum absolute atomic E-state index is 13.0. The third kappa shape index (κ3) is 3.53. The Morgan fingerprint density at radius 2 is 1.88 bits per heavy atom. The van der Waals surface area contributed by atoms with Crippen molar-refractivity contribution in [3.63, 3.8) is 0 Å². The molecule has 0 N–H and O–H groups in total. The Morgan fingerprint density at radius 1 is 1.12 bits per heavy atom. The highest BCUT2D eigenvalue weighted by Crippen LogP contribution is 2.27. The number of carbonyl (C=O) groups is 1. The van der Waals surface area contributed by atoms with Crippen molar-refractivity contribution in [2.45, 2.75) is 42.2 Å². The van der Waals surface area contributed by atoms with Gasteiger partial charge in [-0.15, -0.1) is 0 Å². The van der Waals surface area contributed by atoms with E-state index in [1.807, 2.05) is 6.08 Å². The van der Waals surface area contributed by atoms with Gasteiger partial charge in [0.05, 0.1) is 10.1 Å². The summed E-state index contributed by atoms with van der Waals surface area (Å²) in [5, 5.41) is -0.611. The highest BCUT2D eigenvalue weighted by Gasteiger charge is 2.35. The molecule has 0 radical (unpaired) electrons. The van der Waals surface area contributed by atoms with E-state index >= 15 is 0 Å². The summed E-state index contributed by atoms with van der Waals surface area (Å²) < 4.78 is 38.6. The van der Waals surface area contributed by atoms with Crippen molar-refractivity contribution >= 4 is 15.7 Å². The molecular weight excluding hydrogens is 329 g/mol. The standard InChI is InChI=1S/C18H22FNO3S/c19-15-8-10-16(11-9-15)24(22,23)17-7-4-12-20(13-17)18(21)14-5-2-1-3-6-14/h1-2,8-11,14,17H,3-7,12-13H2/t14-,17-/m0/s1. The third-order valence-electron chi connectivity index (χ3n) is 4.89. The van der Waals surface area contributed by atoms with Gasteiger partial charge in [-0.2, -0.15) is 0 Å². The van der Waals surface area contributed by atoms with Crippen LogP contribution >= 0.6 is 0 Å². The minimum atomic E-state index is -3.55. The normalized spacial score (nSPS) is 24.8. The summed E-state index contributed by atoms with van der Waals surface area (Å²) in [6, 6.07) is 4.93. The SMILES string of the molecule is O=C([C@H]1CC=CCC1)N1CCC[C@H](S(=O)(=O)c2ccc(F)cc2)C1. The third-order valence-corrected chi connectivity index (χ3v) is 7.08. The number of rotatable bonds is 3. The molecular formula is C18H22FNO3S. The van der Waals surface area contributed by atoms with Gasteiger partial charge in [-0.1, -0.05) is 12.2 Å². The molecule has 3 rings (SSSR count). The van der Waals surface area contributed by atoms with E-state index in [0.29, 0.717) is 19.4 Å². The highest BCUT2D eigenvalue weighted by atomic mass is 32.2. The van der Waals surface area contributed by atoms with E-state index in [4.69, 9.17) is 0 Å². The Kier molecular flexibility index (Phi) is 5.04. The molecule has 6 heteroatoms. The van der Waals surface area contributed by atoms with Crippen LogP contribution in [0.3, 0.4) is 0 Å². The van der Waals surface area contributed by atoms with Gasteiger partial charge in [0.15, 0.2) is 9.84 Å². The Bertz CT molecular complexity index is 727. The lowest BCUT2D eigenvalue weighted by molar-refractivity contribution is -0.136. The number of carbonyl (C=O) groups excluding carboxylic acids is 1. The van der Waals surface area contributed by atoms with Gasteiger partial charge in [0, 0.05) is 19.0 Å². The van der Waals surface area contributed by atoms with Gasteiger partial charge in [-0.25, -0.2) is 12.8 Å². The second kappa shape index (κ2) is 7.05. The van der Waals surface area contributed by atoms with Gasteiger partial charge in [-0.3, -0.25) is 4.79 Å². The van der Waals surface area contributed by atoms with Crippen LogP contribution in [0.2, 0.25) is 0 Å². The van der Waals surface area contributed by atoms with Crippen molar-refractivity contribution in [3.8, 4) is 0 Å². The van der Waals surface area contributed by atoms with Crippen LogP contribution in [0.4, 0.5) is 4.39 Å². The lowest BCUT2D eigenvalue weighted by Gasteiger charge is -2.35. The Morgan fingerprint density at radius 3 is 2.54 bits per heavy atom. The number of allylic oxidation sites excluding steroid dienone is 2. The summed E-state index contributed by atoms with van der Waals surface area (Å²) in [5.41, 5.74) is 0. The monoisotopic (exact) mass is 351 g/mol. The number of hydrogen-bond donors (Lipinski definition) is 0. The quantitative estimate of drug-likeness (QED) is 0.621. The zero-order valence-electron chi connectivity index (χ0n) is 13.5. The van der Waals surface area contributed by atoms with Crippen molar-refractivity contribution in [1.82, 2.24) is 4.90 Å². The largest absolute Gasteiger partial charge is 0.341 e. The van der Waals surface area contributed by atoms with E-state index in [1.165, 1.54) is 12.1 Å². The fourth-order valence-corrected chi connectivity index (χ4v) is 5.24. The summed E-state index contributed by atoms with van der Waals surface area (Å²) in [4.78, 5) is 14.5. The Hall–Kier alpha value is -1.69. The molecule has 1 aliphatic heterocycles. The van der Waals surface area contributed by atoms with Crippen molar-refractivity contribution < 1.29 is 17.6 Å². The van der Waals surface area contributed by atoms with E-state index in [9.17, 15) is 17.6 Å². The number of sulfone groups is 1. The van der Waals surface area contributed by atoms with E-state index in [-0.39, 0.29) is 23.3 Å². The number of piperidine rings is 1. The Balaban J connectivity index is 1.74. The average Bonchev–Trinajstić information content (AvgIpc) is 2.62. The first kappa shape index (κ1) is 17.1. The predicted octanol–water partition coefficient (Wildman–Crippen LogP) is 2.95. The first-order valence-corrected chi connectivity index (χ1v) is 9.96. The summed E-state index contributed by atoms with van der Waals surface area (Å²) in [6.07, 6.45) is 7.81. The lowest BCUT2D eigenvalue weighted by Crippen LogP contribution is -2.47. The summed E-state index contributed by atoms with van der Waals surface area (Å²) in [5.74, 6) is -0.416. The highest BCUT2D eigenvalue weighted by molar-refractivity contribution is 7.92. The van der Waals surface area contributed by atoms with Crippen LogP contribution in [0.5, 0.6) is 0 Å². The van der Waals surface area contributed by atoms with Crippen LogP contribution in [0.1, 0.15) is 32.1 Å². The summed E-state index contributed by atoms with van der Waals surface area (Å²) in [6.45, 7) is 0.854. The van der Waals surface area contributed by atoms with Crippen molar-refractivity contribution in [2.24, 2.45) is 5.92 Å². The molecule has 0 unspecified atom stereocenters. The van der Waals surface area contributed by atoms with Gasteiger partial charge in [-0.05, 0) is 56.4 Å². The molecule has 1 aliphatic carbocycles. The first-order chi connectivity index (χ1) is 11.5. The molecule has 1 saturated heterocycles. The molecule has 4 nitrogen and oxygen atoms in total. The van der Waals surface area contributed by atoms with E-state index < -0.39 is 20.9 Å². The second-order valence-corrected chi connectivity index (χ2v) is 8.76. The van der Waals surface area contributed by atoms with E-state index in [1.54, 1.807) is 4.90 Å². The maximum Gasteiger partial charge on any atom is 0.226 e. The Labute approximate surface area is 142 Å². The van der Waals surface area contributed by atoms with Crippen LogP contribution < -0.4 is 0 Å². The van der Waals surface area contributed by atoms with Crippen LogP contribution in [-0.4, -0.2) is 37.6 Å². The number of likely N-dealkylation sites (tertiary alicyclic amines) is 1. The van der Waals surface area contributed by atoms with E-state index in [0.717, 1.165) is 31.4 Å². The van der Waals surface area contributed by atoms with Crippen LogP contribution in [0.25, 0.3) is 0 Å². The molecule has 24 heavy (non-hydrogen) atoms. The molecule has 0 bridgehead atoms. The lowest BCUT2D eigenvalue weighted by atomic mass is 9.92. The molecule has 1 fully saturated rings. The molecule has 0 spiro atoms. The predicted molar refractivity (Wildman–Crippen MR) is 89.7 cm³/mol. The molecule has 0 saturated carbocycles. The topological polar surface area (TPSA) is 54.5 Å². The zero-order valence-corrected chi connectivity index (χ0v) is 14.3. The maximum atomic E-state index is 13.0. The van der Waals surface area contributed by atoms with Gasteiger partial charge >= 0.3 is 0 Å². The molecule has 1 heterocycles. The van der Waals surface area contributed by atoms with Crippen molar-refractivity contribution in [3.05, 3.63) is 42.2 Å². The number of benzene rings is 1. The molecule has 2 aliphatic rings. The molecule has 1 aromatic carbocycles. The fraction of sp³-hybridized carbons (Fsp3) is 0.500. The fourth-order valence-electron chi connectivity index (χ4n) is 3.48. The summed E-state index contributed by atoms with van der Waals surface area (Å²) >= 11 is 0. The number of halogens is 1. The van der Waals surface area contributed by atoms with Gasteiger partial charge < -0.3 is 4.90 Å². The molecule has 2 atom stereocenters. The van der Waals surface area contributed by atoms with Crippen LogP contribution in [0, 0.1) is 11.7 Å². The number of amides is 1. The van der Waals surface area contributed by atoms with Gasteiger partial charge in [0.1, 0.15) is 5.82 Å². The summed E-state index contributed by atoms with van der Waals surface area (Å²) in [7, 11) is -3.55. The van der Waals surface area contributed by atoms with Gasteiger partial charge in [0.25, 0.3) is 0 Å². The van der Waals surface area contributed by atoms with Crippen molar-refractivity contribution in [2.75, 3.05) is 13.1 Å². The van der Waals surface area contributed by atoms with Crippen LogP contribution in [0.15, 0.2) is 41.3 Å². The molecule has 1 aromatic rings. The van der Waals surface area contributed by atoms with E-state index in [2.05, 4.69) is 6.08 Å². The molecule has 130 valence electrons. The smallest absolute Gasteiger partial charge is 0.226 e. The number of nitrogens with zero attached hydrogens (tertiary/aromatic N) is 1. The van der Waals surface area contributed by atoms with Crippen molar-refractivity contribution in [1.29, 1.82) is 0 Å². The molecule has 1 amide bonds. The van der Waals surface area contributed by atoms with Crippen LogP contribution in [-0.2, 0) is 14.6 Å². The first-order valence-electron chi connectivity index (χ1n) is 8.42. The average molecular weight is 351 g/mol. The zero-order chi connectivity index (χ0) is 17.2. The second-order valence-electron chi connectivity index (χ2n) is 6.53. The van der Waals surface area contributed by atoms with Gasteiger partial charge in [0.2, 0.25) is 5.91 Å². The minimum Gasteiger partial charge on any atom is -0.341 e. The number of hydrogen-bond acceptors (Lipinski definition) is 3. The molecule has 0 aromatic heterocycles. The minimum absolute atomic E-state index is 0.0257.